The van der Waals surface area contributed by atoms with Gasteiger partial charge < -0.3 is 10.6 Å². The van der Waals surface area contributed by atoms with Crippen molar-refractivity contribution in [3.63, 3.8) is 0 Å². The zero-order valence-corrected chi connectivity index (χ0v) is 17.5. The predicted octanol–water partition coefficient (Wildman–Crippen LogP) is 4.46. The molecule has 2 amide bonds. The molecule has 3 aromatic rings. The van der Waals surface area contributed by atoms with E-state index in [1.54, 1.807) is 36.4 Å². The summed E-state index contributed by atoms with van der Waals surface area (Å²) in [6, 6.07) is 24.3. The molecule has 0 unspecified atom stereocenters. The van der Waals surface area contributed by atoms with Gasteiger partial charge in [-0.25, -0.2) is 0 Å². The lowest BCUT2D eigenvalue weighted by Crippen LogP contribution is -2.25. The van der Waals surface area contributed by atoms with Crippen molar-refractivity contribution in [2.75, 3.05) is 18.4 Å². The summed E-state index contributed by atoms with van der Waals surface area (Å²) in [6.45, 7) is 3.72. The number of carbonyl (C=O) groups is 2. The van der Waals surface area contributed by atoms with Crippen molar-refractivity contribution in [1.29, 1.82) is 0 Å². The maximum absolute atomic E-state index is 12.6. The van der Waals surface area contributed by atoms with Gasteiger partial charge in [-0.2, -0.15) is 0 Å². The Hall–Kier alpha value is -3.44. The Morgan fingerprint density at radius 3 is 2.03 bits per heavy atom. The van der Waals surface area contributed by atoms with Crippen LogP contribution in [-0.2, 0) is 13.1 Å². The zero-order chi connectivity index (χ0) is 21.5. The van der Waals surface area contributed by atoms with Crippen LogP contribution in [-0.4, -0.2) is 29.8 Å². The number of hydrogen-bond acceptors (Lipinski definition) is 3. The number of nitrogens with one attached hydrogen (secondary N) is 2. The molecule has 4 rings (SSSR count). The second-order valence-corrected chi connectivity index (χ2v) is 7.83. The predicted molar refractivity (Wildman–Crippen MR) is 123 cm³/mol. The standard InChI is InChI=1S/C26H27N3O2/c30-25(27-18-22-10-4-5-11-23(22)19-29-16-6-7-17-29)21-12-14-24(15-13-21)28-26(31)20-8-2-1-3-9-20/h1-5,8-15H,6-7,16-19H2,(H,27,30)(H,28,31). The summed E-state index contributed by atoms with van der Waals surface area (Å²) in [6.07, 6.45) is 2.53. The number of hydrogen-bond donors (Lipinski definition) is 2. The molecular formula is C26H27N3O2. The Morgan fingerprint density at radius 2 is 1.32 bits per heavy atom. The Bertz CT molecular complexity index is 1030. The molecule has 1 saturated heterocycles. The maximum Gasteiger partial charge on any atom is 0.255 e. The topological polar surface area (TPSA) is 61.4 Å². The molecule has 2 N–H and O–H groups in total. The molecule has 0 atom stereocenters. The van der Waals surface area contributed by atoms with Crippen LogP contribution in [0.25, 0.3) is 0 Å². The number of benzene rings is 3. The van der Waals surface area contributed by atoms with Crippen LogP contribution >= 0.6 is 0 Å². The van der Waals surface area contributed by atoms with Crippen LogP contribution in [0.5, 0.6) is 0 Å². The molecule has 3 aromatic carbocycles. The van der Waals surface area contributed by atoms with Crippen LogP contribution < -0.4 is 10.6 Å². The lowest BCUT2D eigenvalue weighted by Gasteiger charge is -2.17. The molecule has 0 saturated carbocycles. The Balaban J connectivity index is 1.33. The Kier molecular flexibility index (Phi) is 6.75. The molecule has 5 heteroatoms. The summed E-state index contributed by atoms with van der Waals surface area (Å²) in [5, 5.41) is 5.87. The zero-order valence-electron chi connectivity index (χ0n) is 17.5. The van der Waals surface area contributed by atoms with Gasteiger partial charge in [0.25, 0.3) is 11.8 Å². The molecule has 0 aromatic heterocycles. The van der Waals surface area contributed by atoms with Crippen molar-refractivity contribution in [3.8, 4) is 0 Å². The highest BCUT2D eigenvalue weighted by Gasteiger charge is 2.14. The van der Waals surface area contributed by atoms with Gasteiger partial charge in [-0.05, 0) is 73.5 Å². The summed E-state index contributed by atoms with van der Waals surface area (Å²) >= 11 is 0. The molecule has 31 heavy (non-hydrogen) atoms. The lowest BCUT2D eigenvalue weighted by atomic mass is 10.1. The Morgan fingerprint density at radius 1 is 0.710 bits per heavy atom. The third kappa shape index (κ3) is 5.58. The van der Waals surface area contributed by atoms with Crippen molar-refractivity contribution in [1.82, 2.24) is 10.2 Å². The minimum absolute atomic E-state index is 0.128. The van der Waals surface area contributed by atoms with Gasteiger partial charge in [0.2, 0.25) is 0 Å². The SMILES string of the molecule is O=C(NCc1ccccc1CN1CCCC1)c1ccc(NC(=O)c2ccccc2)cc1. The van der Waals surface area contributed by atoms with E-state index >= 15 is 0 Å². The first-order chi connectivity index (χ1) is 15.2. The first kappa shape index (κ1) is 20.8. The number of nitrogens with zero attached hydrogens (tertiary/aromatic N) is 1. The molecular weight excluding hydrogens is 386 g/mol. The summed E-state index contributed by atoms with van der Waals surface area (Å²) in [7, 11) is 0. The largest absolute Gasteiger partial charge is 0.348 e. The van der Waals surface area contributed by atoms with Gasteiger partial charge >= 0.3 is 0 Å². The van der Waals surface area contributed by atoms with E-state index in [4.69, 9.17) is 0 Å². The highest BCUT2D eigenvalue weighted by Crippen LogP contribution is 2.17. The van der Waals surface area contributed by atoms with Gasteiger partial charge in [-0.1, -0.05) is 42.5 Å². The van der Waals surface area contributed by atoms with E-state index in [-0.39, 0.29) is 11.8 Å². The normalized spacial score (nSPS) is 13.7. The number of carbonyl (C=O) groups excluding carboxylic acids is 2. The summed E-state index contributed by atoms with van der Waals surface area (Å²) in [5.74, 6) is -0.302. The fourth-order valence-corrected chi connectivity index (χ4v) is 3.84. The number of rotatable bonds is 7. The van der Waals surface area contributed by atoms with Crippen molar-refractivity contribution >= 4 is 17.5 Å². The van der Waals surface area contributed by atoms with Gasteiger partial charge in [0.15, 0.2) is 0 Å². The summed E-state index contributed by atoms with van der Waals surface area (Å²) < 4.78 is 0. The smallest absolute Gasteiger partial charge is 0.255 e. The van der Waals surface area contributed by atoms with E-state index in [0.717, 1.165) is 25.2 Å². The fraction of sp³-hybridized carbons (Fsp3) is 0.231. The van der Waals surface area contributed by atoms with Crippen molar-refractivity contribution in [2.45, 2.75) is 25.9 Å². The molecule has 1 aliphatic heterocycles. The third-order valence-corrected chi connectivity index (χ3v) is 5.59. The minimum Gasteiger partial charge on any atom is -0.348 e. The van der Waals surface area contributed by atoms with Gasteiger partial charge in [0, 0.05) is 29.9 Å². The van der Waals surface area contributed by atoms with Crippen LogP contribution in [0.3, 0.4) is 0 Å². The number of anilines is 1. The van der Waals surface area contributed by atoms with E-state index in [9.17, 15) is 9.59 Å². The van der Waals surface area contributed by atoms with Gasteiger partial charge in [-0.15, -0.1) is 0 Å². The van der Waals surface area contributed by atoms with Crippen molar-refractivity contribution < 1.29 is 9.59 Å². The average molecular weight is 414 g/mol. The minimum atomic E-state index is -0.174. The van der Waals surface area contributed by atoms with E-state index in [0.29, 0.717) is 23.4 Å². The third-order valence-electron chi connectivity index (χ3n) is 5.59. The average Bonchev–Trinajstić information content (AvgIpc) is 3.32. The molecule has 1 aliphatic rings. The fourth-order valence-electron chi connectivity index (χ4n) is 3.84. The summed E-state index contributed by atoms with van der Waals surface area (Å²) in [5.41, 5.74) is 4.23. The second-order valence-electron chi connectivity index (χ2n) is 7.83. The van der Waals surface area contributed by atoms with Gasteiger partial charge in [0.1, 0.15) is 0 Å². The van der Waals surface area contributed by atoms with Crippen LogP contribution in [0.2, 0.25) is 0 Å². The van der Waals surface area contributed by atoms with Gasteiger partial charge in [0.05, 0.1) is 0 Å². The highest BCUT2D eigenvalue weighted by molar-refractivity contribution is 6.04. The van der Waals surface area contributed by atoms with E-state index in [1.165, 1.54) is 18.4 Å². The summed E-state index contributed by atoms with van der Waals surface area (Å²) in [4.78, 5) is 27.3. The number of amides is 2. The van der Waals surface area contributed by atoms with Crippen LogP contribution in [0.1, 0.15) is 44.7 Å². The first-order valence-electron chi connectivity index (χ1n) is 10.7. The monoisotopic (exact) mass is 413 g/mol. The van der Waals surface area contributed by atoms with E-state index < -0.39 is 0 Å². The maximum atomic E-state index is 12.6. The molecule has 1 fully saturated rings. The Labute approximate surface area is 183 Å². The molecule has 0 aliphatic carbocycles. The van der Waals surface area contributed by atoms with Crippen molar-refractivity contribution in [2.24, 2.45) is 0 Å². The molecule has 1 heterocycles. The molecule has 0 bridgehead atoms. The van der Waals surface area contributed by atoms with E-state index in [2.05, 4.69) is 33.7 Å². The first-order valence-corrected chi connectivity index (χ1v) is 10.7. The van der Waals surface area contributed by atoms with Crippen molar-refractivity contribution in [3.05, 3.63) is 101 Å². The highest BCUT2D eigenvalue weighted by atomic mass is 16.2. The van der Waals surface area contributed by atoms with Gasteiger partial charge in [-0.3, -0.25) is 14.5 Å². The molecule has 0 spiro atoms. The van der Waals surface area contributed by atoms with Crippen LogP contribution in [0.15, 0.2) is 78.9 Å². The number of likely N-dealkylation sites (tertiary alicyclic amines) is 1. The van der Waals surface area contributed by atoms with Crippen LogP contribution in [0, 0.1) is 0 Å². The molecule has 5 nitrogen and oxygen atoms in total. The lowest BCUT2D eigenvalue weighted by molar-refractivity contribution is 0.0950. The van der Waals surface area contributed by atoms with E-state index in [1.807, 2.05) is 24.3 Å². The quantitative estimate of drug-likeness (QED) is 0.601. The second kappa shape index (κ2) is 10.0. The molecule has 158 valence electrons. The van der Waals surface area contributed by atoms with Crippen LogP contribution in [0.4, 0.5) is 5.69 Å². The molecule has 0 radical (unpaired) electrons.